The number of piperidine rings is 3. The number of para-hydroxylation sites is 1. The third kappa shape index (κ3) is 4.06. The molecule has 0 radical (unpaired) electrons. The molecule has 34 heavy (non-hydrogen) atoms. The summed E-state index contributed by atoms with van der Waals surface area (Å²) in [5.41, 5.74) is 1.65. The number of carbonyl (C=O) groups excluding carboxylic acids is 1. The predicted octanol–water partition coefficient (Wildman–Crippen LogP) is 5.59. The molecule has 3 fully saturated rings. The minimum atomic E-state index is -0.603. The molecule has 2 bridgehead atoms. The van der Waals surface area contributed by atoms with Crippen LogP contribution in [-0.4, -0.2) is 39.9 Å². The van der Waals surface area contributed by atoms with Gasteiger partial charge in [0.1, 0.15) is 6.10 Å². The molecule has 174 valence electrons. The van der Waals surface area contributed by atoms with Gasteiger partial charge in [-0.25, -0.2) is 4.79 Å². The monoisotopic (exact) mass is 477 g/mol. The number of benzene rings is 2. The standard InChI is InChI=1S/C26H24ClN3O4/c1-2-16-15-29-12-10-17(16)13-24(29)25(20-9-11-28-23-6-4-3-5-19(20)23)34-26(31)21-8-7-18(30(32)33)14-22(21)27/h2-9,11,14,16-17,24-25H,1,10,12-13,15H2/t16?,17-,24?,25?/m0/s1. The van der Waals surface area contributed by atoms with Crippen molar-refractivity contribution in [1.82, 2.24) is 9.88 Å². The first kappa shape index (κ1) is 22.5. The van der Waals surface area contributed by atoms with Crippen LogP contribution >= 0.6 is 11.6 Å². The third-order valence-electron chi connectivity index (χ3n) is 7.11. The summed E-state index contributed by atoms with van der Waals surface area (Å²) in [4.78, 5) is 30.7. The molecule has 0 spiro atoms. The summed E-state index contributed by atoms with van der Waals surface area (Å²) in [6.07, 6.45) is 5.21. The fourth-order valence-corrected chi connectivity index (χ4v) is 5.62. The molecule has 3 saturated heterocycles. The van der Waals surface area contributed by atoms with E-state index in [1.54, 1.807) is 6.20 Å². The maximum absolute atomic E-state index is 13.3. The maximum atomic E-state index is 13.3. The summed E-state index contributed by atoms with van der Waals surface area (Å²) in [6.45, 7) is 5.83. The Hall–Kier alpha value is -3.29. The average Bonchev–Trinajstić information content (AvgIpc) is 2.87. The molecular formula is C26H24ClN3O4. The maximum Gasteiger partial charge on any atom is 0.340 e. The van der Waals surface area contributed by atoms with E-state index in [2.05, 4.69) is 16.5 Å². The first-order valence-electron chi connectivity index (χ1n) is 11.3. The molecule has 5 atom stereocenters. The molecule has 1 aromatic heterocycles. The molecule has 0 saturated carbocycles. The predicted molar refractivity (Wildman–Crippen MR) is 130 cm³/mol. The number of nitrogens with zero attached hydrogens (tertiary/aromatic N) is 3. The Bertz CT molecular complexity index is 1270. The fraction of sp³-hybridized carbons (Fsp3) is 0.308. The van der Waals surface area contributed by atoms with Crippen LogP contribution in [0.2, 0.25) is 5.02 Å². The molecule has 0 aliphatic carbocycles. The lowest BCUT2D eigenvalue weighted by Crippen LogP contribution is -2.55. The van der Waals surface area contributed by atoms with E-state index in [0.29, 0.717) is 11.8 Å². The van der Waals surface area contributed by atoms with Crippen LogP contribution in [0.4, 0.5) is 5.69 Å². The van der Waals surface area contributed by atoms with E-state index in [1.165, 1.54) is 18.2 Å². The van der Waals surface area contributed by atoms with Gasteiger partial charge in [0.2, 0.25) is 0 Å². The fourth-order valence-electron chi connectivity index (χ4n) is 5.37. The van der Waals surface area contributed by atoms with Gasteiger partial charge in [-0.3, -0.25) is 20.0 Å². The van der Waals surface area contributed by atoms with E-state index >= 15 is 0 Å². The zero-order valence-electron chi connectivity index (χ0n) is 18.5. The number of hydrogen-bond donors (Lipinski definition) is 0. The van der Waals surface area contributed by atoms with E-state index in [9.17, 15) is 14.9 Å². The smallest absolute Gasteiger partial charge is 0.340 e. The summed E-state index contributed by atoms with van der Waals surface area (Å²) in [5, 5.41) is 12.0. The number of nitro benzene ring substituents is 1. The molecule has 6 rings (SSSR count). The van der Waals surface area contributed by atoms with Gasteiger partial charge in [0.05, 0.1) is 27.1 Å². The zero-order valence-corrected chi connectivity index (χ0v) is 19.2. The number of nitro groups is 1. The van der Waals surface area contributed by atoms with E-state index < -0.39 is 17.0 Å². The lowest BCUT2D eigenvalue weighted by molar-refractivity contribution is -0.384. The molecule has 8 heteroatoms. The van der Waals surface area contributed by atoms with Crippen molar-refractivity contribution in [3.63, 3.8) is 0 Å². The van der Waals surface area contributed by atoms with Gasteiger partial charge in [-0.05, 0) is 49.4 Å². The Morgan fingerprint density at radius 3 is 2.82 bits per heavy atom. The van der Waals surface area contributed by atoms with Gasteiger partial charge in [-0.15, -0.1) is 6.58 Å². The quantitative estimate of drug-likeness (QED) is 0.199. The molecule has 4 heterocycles. The van der Waals surface area contributed by atoms with Gasteiger partial charge in [0, 0.05) is 35.8 Å². The van der Waals surface area contributed by atoms with Crippen LogP contribution in [-0.2, 0) is 4.74 Å². The lowest BCUT2D eigenvalue weighted by atomic mass is 9.73. The van der Waals surface area contributed by atoms with Gasteiger partial charge in [0.25, 0.3) is 5.69 Å². The molecular weight excluding hydrogens is 454 g/mol. The minimum Gasteiger partial charge on any atom is -0.452 e. The summed E-state index contributed by atoms with van der Waals surface area (Å²) in [5.74, 6) is 0.318. The number of ether oxygens (including phenoxy) is 1. The first-order valence-corrected chi connectivity index (χ1v) is 11.7. The van der Waals surface area contributed by atoms with Crippen molar-refractivity contribution >= 4 is 34.2 Å². The van der Waals surface area contributed by atoms with E-state index in [-0.39, 0.29) is 22.3 Å². The third-order valence-corrected chi connectivity index (χ3v) is 7.42. The Morgan fingerprint density at radius 1 is 1.29 bits per heavy atom. The van der Waals surface area contributed by atoms with Crippen LogP contribution in [0, 0.1) is 22.0 Å². The van der Waals surface area contributed by atoms with Gasteiger partial charge in [-0.1, -0.05) is 35.9 Å². The number of halogens is 1. The molecule has 0 amide bonds. The van der Waals surface area contributed by atoms with Crippen LogP contribution in [0.25, 0.3) is 10.9 Å². The van der Waals surface area contributed by atoms with E-state index in [0.717, 1.165) is 42.4 Å². The summed E-state index contributed by atoms with van der Waals surface area (Å²) >= 11 is 6.24. The van der Waals surface area contributed by atoms with Crippen molar-refractivity contribution in [3.05, 3.63) is 93.6 Å². The van der Waals surface area contributed by atoms with Crippen LogP contribution in [0.1, 0.15) is 34.9 Å². The summed E-state index contributed by atoms with van der Waals surface area (Å²) < 4.78 is 6.18. The molecule has 7 nitrogen and oxygen atoms in total. The van der Waals surface area contributed by atoms with Crippen molar-refractivity contribution in [2.75, 3.05) is 13.1 Å². The topological polar surface area (TPSA) is 85.6 Å². The highest BCUT2D eigenvalue weighted by molar-refractivity contribution is 6.33. The highest BCUT2D eigenvalue weighted by Gasteiger charge is 2.44. The van der Waals surface area contributed by atoms with Crippen molar-refractivity contribution in [2.45, 2.75) is 25.0 Å². The van der Waals surface area contributed by atoms with E-state index in [1.807, 2.05) is 36.4 Å². The zero-order chi connectivity index (χ0) is 23.8. The number of aromatic nitrogens is 1. The Kier molecular flexibility index (Phi) is 6.06. The number of non-ortho nitro benzene ring substituents is 1. The largest absolute Gasteiger partial charge is 0.452 e. The number of fused-ring (bicyclic) bond motifs is 4. The molecule has 2 aromatic carbocycles. The van der Waals surface area contributed by atoms with Crippen molar-refractivity contribution in [3.8, 4) is 0 Å². The minimum absolute atomic E-state index is 0.00142. The van der Waals surface area contributed by atoms with Gasteiger partial charge >= 0.3 is 5.97 Å². The van der Waals surface area contributed by atoms with Crippen LogP contribution < -0.4 is 0 Å². The molecule has 3 aromatic rings. The Labute approximate surface area is 202 Å². The molecule has 0 N–H and O–H groups in total. The van der Waals surface area contributed by atoms with Crippen LogP contribution in [0.5, 0.6) is 0 Å². The van der Waals surface area contributed by atoms with Crippen molar-refractivity contribution in [1.29, 1.82) is 0 Å². The summed E-state index contributed by atoms with van der Waals surface area (Å²) in [6, 6.07) is 13.5. The SMILES string of the molecule is C=CC1CN2CC[C@H]1CC2C(OC(=O)c1ccc([N+](=O)[O-])cc1Cl)c1ccnc2ccccc12. The van der Waals surface area contributed by atoms with Crippen LogP contribution in [0.15, 0.2) is 67.4 Å². The van der Waals surface area contributed by atoms with E-state index in [4.69, 9.17) is 16.3 Å². The molecule has 3 aliphatic heterocycles. The van der Waals surface area contributed by atoms with Gasteiger partial charge in [0.15, 0.2) is 0 Å². The average molecular weight is 478 g/mol. The lowest BCUT2D eigenvalue weighted by Gasteiger charge is -2.51. The second kappa shape index (κ2) is 9.16. The summed E-state index contributed by atoms with van der Waals surface area (Å²) in [7, 11) is 0. The molecule has 3 aliphatic rings. The highest BCUT2D eigenvalue weighted by Crippen LogP contribution is 2.43. The number of esters is 1. The number of pyridine rings is 1. The number of rotatable bonds is 6. The van der Waals surface area contributed by atoms with Crippen molar-refractivity contribution in [2.24, 2.45) is 11.8 Å². The first-order chi connectivity index (χ1) is 16.5. The van der Waals surface area contributed by atoms with Gasteiger partial charge in [-0.2, -0.15) is 0 Å². The number of hydrogen-bond acceptors (Lipinski definition) is 6. The van der Waals surface area contributed by atoms with Gasteiger partial charge < -0.3 is 4.74 Å². The highest BCUT2D eigenvalue weighted by atomic mass is 35.5. The Morgan fingerprint density at radius 2 is 2.12 bits per heavy atom. The van der Waals surface area contributed by atoms with Crippen molar-refractivity contribution < 1.29 is 14.5 Å². The Balaban J connectivity index is 1.53. The van der Waals surface area contributed by atoms with Crippen LogP contribution in [0.3, 0.4) is 0 Å². The second-order valence-corrected chi connectivity index (χ2v) is 9.32. The number of carbonyl (C=O) groups is 1. The second-order valence-electron chi connectivity index (χ2n) is 8.91. The normalized spacial score (nSPS) is 24.5. The molecule has 4 unspecified atom stereocenters.